The SMILES string of the molecule is COc1ccccc1NC(=O)/C(=C\c1cccc([N+](=O)[O-])c1)c1ccccc1. The lowest BCUT2D eigenvalue weighted by atomic mass is 10.0. The molecular formula is C22H18N2O4. The van der Waals surface area contributed by atoms with Gasteiger partial charge in [-0.1, -0.05) is 54.6 Å². The Morgan fingerprint density at radius 3 is 2.43 bits per heavy atom. The van der Waals surface area contributed by atoms with E-state index in [-0.39, 0.29) is 11.6 Å². The number of carbonyl (C=O) groups is 1. The highest BCUT2D eigenvalue weighted by Crippen LogP contribution is 2.27. The molecule has 28 heavy (non-hydrogen) atoms. The summed E-state index contributed by atoms with van der Waals surface area (Å²) < 4.78 is 5.28. The molecule has 140 valence electrons. The van der Waals surface area contributed by atoms with E-state index in [1.54, 1.807) is 36.4 Å². The zero-order valence-corrected chi connectivity index (χ0v) is 15.2. The zero-order chi connectivity index (χ0) is 19.9. The number of nitro groups is 1. The predicted molar refractivity (Wildman–Crippen MR) is 109 cm³/mol. The number of hydrogen-bond donors (Lipinski definition) is 1. The van der Waals surface area contributed by atoms with Crippen LogP contribution in [-0.2, 0) is 4.79 Å². The Morgan fingerprint density at radius 2 is 1.71 bits per heavy atom. The van der Waals surface area contributed by atoms with Crippen molar-refractivity contribution in [1.29, 1.82) is 0 Å². The van der Waals surface area contributed by atoms with E-state index in [4.69, 9.17) is 4.74 Å². The lowest BCUT2D eigenvalue weighted by molar-refractivity contribution is -0.384. The molecule has 0 bridgehead atoms. The first-order valence-electron chi connectivity index (χ1n) is 8.54. The number of para-hydroxylation sites is 2. The van der Waals surface area contributed by atoms with Crippen LogP contribution in [0, 0.1) is 10.1 Å². The summed E-state index contributed by atoms with van der Waals surface area (Å²) in [6, 6.07) is 22.4. The van der Waals surface area contributed by atoms with Crippen molar-refractivity contribution in [2.24, 2.45) is 0 Å². The van der Waals surface area contributed by atoms with Crippen LogP contribution in [0.15, 0.2) is 78.9 Å². The molecule has 0 aromatic heterocycles. The smallest absolute Gasteiger partial charge is 0.270 e. The fourth-order valence-corrected chi connectivity index (χ4v) is 2.73. The largest absolute Gasteiger partial charge is 0.495 e. The fraction of sp³-hybridized carbons (Fsp3) is 0.0455. The zero-order valence-electron chi connectivity index (χ0n) is 15.2. The predicted octanol–water partition coefficient (Wildman–Crippen LogP) is 4.78. The monoisotopic (exact) mass is 374 g/mol. The van der Waals surface area contributed by atoms with Gasteiger partial charge in [0, 0.05) is 17.7 Å². The average Bonchev–Trinajstić information content (AvgIpc) is 2.73. The quantitative estimate of drug-likeness (QED) is 0.291. The number of carbonyl (C=O) groups excluding carboxylic acids is 1. The molecular weight excluding hydrogens is 356 g/mol. The molecule has 3 aromatic rings. The highest BCUT2D eigenvalue weighted by molar-refractivity contribution is 6.29. The van der Waals surface area contributed by atoms with Crippen molar-refractivity contribution in [2.75, 3.05) is 12.4 Å². The topological polar surface area (TPSA) is 81.5 Å². The molecule has 3 rings (SSSR count). The van der Waals surface area contributed by atoms with Gasteiger partial charge in [0.1, 0.15) is 5.75 Å². The van der Waals surface area contributed by atoms with Crippen molar-refractivity contribution >= 4 is 28.9 Å². The second kappa shape index (κ2) is 8.64. The third-order valence-corrected chi connectivity index (χ3v) is 4.08. The van der Waals surface area contributed by atoms with E-state index >= 15 is 0 Å². The van der Waals surface area contributed by atoms with Crippen LogP contribution in [0.4, 0.5) is 11.4 Å². The first-order valence-corrected chi connectivity index (χ1v) is 8.54. The van der Waals surface area contributed by atoms with Gasteiger partial charge in [0.2, 0.25) is 0 Å². The average molecular weight is 374 g/mol. The van der Waals surface area contributed by atoms with E-state index in [1.807, 2.05) is 36.4 Å². The van der Waals surface area contributed by atoms with Crippen molar-refractivity contribution in [1.82, 2.24) is 0 Å². The number of rotatable bonds is 6. The molecule has 6 heteroatoms. The number of nitrogens with zero attached hydrogens (tertiary/aromatic N) is 1. The minimum absolute atomic E-state index is 0.0358. The van der Waals surface area contributed by atoms with E-state index in [1.165, 1.54) is 19.2 Å². The lowest BCUT2D eigenvalue weighted by Crippen LogP contribution is -2.14. The third-order valence-electron chi connectivity index (χ3n) is 4.08. The number of nitro benzene ring substituents is 1. The summed E-state index contributed by atoms with van der Waals surface area (Å²) in [7, 11) is 1.53. The van der Waals surface area contributed by atoms with Crippen LogP contribution in [0.2, 0.25) is 0 Å². The van der Waals surface area contributed by atoms with Crippen LogP contribution in [0.5, 0.6) is 5.75 Å². The van der Waals surface area contributed by atoms with Crippen LogP contribution in [0.3, 0.4) is 0 Å². The van der Waals surface area contributed by atoms with Crippen molar-refractivity contribution in [3.05, 3.63) is 100 Å². The van der Waals surface area contributed by atoms with Gasteiger partial charge in [-0.15, -0.1) is 0 Å². The Hall–Kier alpha value is -3.93. The summed E-state index contributed by atoms with van der Waals surface area (Å²) >= 11 is 0. The van der Waals surface area contributed by atoms with E-state index in [2.05, 4.69) is 5.32 Å². The number of amides is 1. The maximum absolute atomic E-state index is 13.0. The van der Waals surface area contributed by atoms with Gasteiger partial charge in [0.25, 0.3) is 11.6 Å². The number of anilines is 1. The minimum atomic E-state index is -0.464. The van der Waals surface area contributed by atoms with Gasteiger partial charge < -0.3 is 10.1 Å². The Balaban J connectivity index is 2.01. The summed E-state index contributed by atoms with van der Waals surface area (Å²) in [4.78, 5) is 23.6. The maximum atomic E-state index is 13.0. The summed E-state index contributed by atoms with van der Waals surface area (Å²) in [5, 5.41) is 13.9. The summed E-state index contributed by atoms with van der Waals surface area (Å²) in [6.45, 7) is 0. The molecule has 0 spiro atoms. The lowest BCUT2D eigenvalue weighted by Gasteiger charge is -2.12. The highest BCUT2D eigenvalue weighted by atomic mass is 16.6. The normalized spacial score (nSPS) is 11.0. The molecule has 0 saturated carbocycles. The number of hydrogen-bond acceptors (Lipinski definition) is 4. The van der Waals surface area contributed by atoms with Crippen molar-refractivity contribution in [2.45, 2.75) is 0 Å². The molecule has 0 aliphatic heterocycles. The van der Waals surface area contributed by atoms with Crippen LogP contribution in [0.1, 0.15) is 11.1 Å². The van der Waals surface area contributed by atoms with Crippen LogP contribution >= 0.6 is 0 Å². The number of non-ortho nitro benzene ring substituents is 1. The van der Waals surface area contributed by atoms with Crippen molar-refractivity contribution < 1.29 is 14.5 Å². The molecule has 0 unspecified atom stereocenters. The van der Waals surface area contributed by atoms with E-state index in [9.17, 15) is 14.9 Å². The Kier molecular flexibility index (Phi) is 5.81. The van der Waals surface area contributed by atoms with E-state index in [0.29, 0.717) is 28.1 Å². The fourth-order valence-electron chi connectivity index (χ4n) is 2.73. The van der Waals surface area contributed by atoms with E-state index < -0.39 is 4.92 Å². The molecule has 0 radical (unpaired) electrons. The molecule has 0 saturated heterocycles. The molecule has 1 amide bonds. The van der Waals surface area contributed by atoms with Crippen LogP contribution in [-0.4, -0.2) is 17.9 Å². The molecule has 3 aromatic carbocycles. The first kappa shape index (κ1) is 18.8. The third kappa shape index (κ3) is 4.42. The van der Waals surface area contributed by atoms with Crippen molar-refractivity contribution in [3.8, 4) is 5.75 Å². The molecule has 0 fully saturated rings. The van der Waals surface area contributed by atoms with Gasteiger partial charge >= 0.3 is 0 Å². The number of ether oxygens (including phenoxy) is 1. The van der Waals surface area contributed by atoms with Gasteiger partial charge in [-0.3, -0.25) is 14.9 Å². The maximum Gasteiger partial charge on any atom is 0.270 e. The summed E-state index contributed by atoms with van der Waals surface area (Å²) in [6.07, 6.45) is 1.63. The molecule has 0 heterocycles. The van der Waals surface area contributed by atoms with Gasteiger partial charge in [-0.2, -0.15) is 0 Å². The van der Waals surface area contributed by atoms with Gasteiger partial charge in [-0.25, -0.2) is 0 Å². The molecule has 0 atom stereocenters. The van der Waals surface area contributed by atoms with Crippen LogP contribution < -0.4 is 10.1 Å². The summed E-state index contributed by atoms with van der Waals surface area (Å²) in [5.74, 6) is 0.195. The first-order chi connectivity index (χ1) is 13.6. The van der Waals surface area contributed by atoms with E-state index in [0.717, 1.165) is 0 Å². The Morgan fingerprint density at radius 1 is 1.00 bits per heavy atom. The molecule has 6 nitrogen and oxygen atoms in total. The standard InChI is InChI=1S/C22H18N2O4/c1-28-21-13-6-5-12-20(21)23-22(25)19(17-9-3-2-4-10-17)15-16-8-7-11-18(14-16)24(26)27/h2-15H,1H3,(H,23,25)/b19-15-. The Labute approximate surface area is 162 Å². The van der Waals surface area contributed by atoms with Crippen molar-refractivity contribution in [3.63, 3.8) is 0 Å². The number of methoxy groups -OCH3 is 1. The highest BCUT2D eigenvalue weighted by Gasteiger charge is 2.15. The summed E-state index contributed by atoms with van der Waals surface area (Å²) in [5.41, 5.74) is 2.14. The van der Waals surface area contributed by atoms with Gasteiger partial charge in [-0.05, 0) is 29.3 Å². The number of benzene rings is 3. The molecule has 0 aliphatic carbocycles. The number of nitrogens with one attached hydrogen (secondary N) is 1. The van der Waals surface area contributed by atoms with Gasteiger partial charge in [0.15, 0.2) is 0 Å². The molecule has 1 N–H and O–H groups in total. The second-order valence-corrected chi connectivity index (χ2v) is 5.93. The van der Waals surface area contributed by atoms with Crippen LogP contribution in [0.25, 0.3) is 11.6 Å². The molecule has 0 aliphatic rings. The second-order valence-electron chi connectivity index (χ2n) is 5.93. The Bertz CT molecular complexity index is 1030. The van der Waals surface area contributed by atoms with Gasteiger partial charge in [0.05, 0.1) is 17.7 Å². The minimum Gasteiger partial charge on any atom is -0.495 e.